The molecule has 0 unspecified atom stereocenters. The van der Waals surface area contributed by atoms with Gasteiger partial charge in [-0.3, -0.25) is 0 Å². The molecule has 6 nitrogen and oxygen atoms in total. The van der Waals surface area contributed by atoms with Crippen LogP contribution in [0.3, 0.4) is 0 Å². The molecule has 0 atom stereocenters. The summed E-state index contributed by atoms with van der Waals surface area (Å²) >= 11 is 0. The number of rotatable bonds is 8. The molecule has 1 aliphatic carbocycles. The van der Waals surface area contributed by atoms with Crippen molar-refractivity contribution in [3.8, 4) is 5.75 Å². The Hall–Kier alpha value is -1.92. The lowest BCUT2D eigenvalue weighted by atomic mass is 9.72. The zero-order chi connectivity index (χ0) is 17.5. The Bertz CT molecular complexity index is 665. The van der Waals surface area contributed by atoms with Gasteiger partial charge in [0.15, 0.2) is 5.82 Å². The molecule has 1 heterocycles. The first kappa shape index (κ1) is 17.9. The van der Waals surface area contributed by atoms with E-state index in [1.165, 1.54) is 19.3 Å². The molecule has 0 aliphatic heterocycles. The normalized spacial score (nSPS) is 16.7. The van der Waals surface area contributed by atoms with Gasteiger partial charge in [-0.2, -0.15) is 4.98 Å². The maximum Gasteiger partial charge on any atom is 0.227 e. The number of ether oxygens (including phenoxy) is 2. The molecule has 136 valence electrons. The Balaban J connectivity index is 1.51. The summed E-state index contributed by atoms with van der Waals surface area (Å²) in [5.41, 5.74) is 7.21. The van der Waals surface area contributed by atoms with E-state index in [1.54, 1.807) is 7.11 Å². The van der Waals surface area contributed by atoms with E-state index in [9.17, 15) is 0 Å². The van der Waals surface area contributed by atoms with Gasteiger partial charge in [0.1, 0.15) is 12.4 Å². The van der Waals surface area contributed by atoms with Crippen molar-refractivity contribution in [3.05, 3.63) is 41.5 Å². The molecule has 0 amide bonds. The van der Waals surface area contributed by atoms with Crippen LogP contribution < -0.4 is 10.5 Å². The predicted octanol–water partition coefficient (Wildman–Crippen LogP) is 3.25. The van der Waals surface area contributed by atoms with Crippen molar-refractivity contribution >= 4 is 0 Å². The van der Waals surface area contributed by atoms with Crippen molar-refractivity contribution in [1.29, 1.82) is 0 Å². The number of hydrogen-bond acceptors (Lipinski definition) is 6. The highest BCUT2D eigenvalue weighted by Crippen LogP contribution is 2.38. The second-order valence-corrected chi connectivity index (χ2v) is 6.89. The fourth-order valence-corrected chi connectivity index (χ4v) is 3.52. The molecular weight excluding hydrogens is 318 g/mol. The van der Waals surface area contributed by atoms with Crippen molar-refractivity contribution in [2.75, 3.05) is 13.7 Å². The topological polar surface area (TPSA) is 83.4 Å². The predicted molar refractivity (Wildman–Crippen MR) is 94.1 cm³/mol. The third kappa shape index (κ3) is 4.80. The molecule has 0 spiro atoms. The molecular formula is C19H27N3O3. The van der Waals surface area contributed by atoms with Gasteiger partial charge in [-0.25, -0.2) is 0 Å². The van der Waals surface area contributed by atoms with E-state index in [1.807, 2.05) is 24.3 Å². The van der Waals surface area contributed by atoms with Crippen LogP contribution >= 0.6 is 0 Å². The summed E-state index contributed by atoms with van der Waals surface area (Å²) in [4.78, 5) is 4.48. The van der Waals surface area contributed by atoms with Crippen LogP contribution in [0.1, 0.15) is 49.4 Å². The second kappa shape index (κ2) is 8.45. The highest BCUT2D eigenvalue weighted by atomic mass is 16.5. The number of aromatic nitrogens is 2. The van der Waals surface area contributed by atoms with Gasteiger partial charge in [0.2, 0.25) is 5.89 Å². The Morgan fingerprint density at radius 1 is 1.20 bits per heavy atom. The van der Waals surface area contributed by atoms with Crippen LogP contribution in [-0.4, -0.2) is 23.8 Å². The van der Waals surface area contributed by atoms with Crippen LogP contribution in [0.2, 0.25) is 0 Å². The van der Waals surface area contributed by atoms with Gasteiger partial charge in [0.05, 0.1) is 13.7 Å². The van der Waals surface area contributed by atoms with Gasteiger partial charge >= 0.3 is 0 Å². The third-order valence-corrected chi connectivity index (χ3v) is 5.02. The van der Waals surface area contributed by atoms with Crippen LogP contribution in [0.5, 0.6) is 5.75 Å². The summed E-state index contributed by atoms with van der Waals surface area (Å²) in [6.45, 7) is 1.49. The quantitative estimate of drug-likeness (QED) is 0.791. The first-order valence-electron chi connectivity index (χ1n) is 8.95. The maximum atomic E-state index is 6.04. The fourth-order valence-electron chi connectivity index (χ4n) is 3.52. The second-order valence-electron chi connectivity index (χ2n) is 6.89. The van der Waals surface area contributed by atoms with E-state index >= 15 is 0 Å². The van der Waals surface area contributed by atoms with Crippen LogP contribution in [-0.2, 0) is 24.4 Å². The zero-order valence-corrected chi connectivity index (χ0v) is 14.9. The van der Waals surface area contributed by atoms with Crippen molar-refractivity contribution in [3.63, 3.8) is 0 Å². The average molecular weight is 345 g/mol. The van der Waals surface area contributed by atoms with Crippen LogP contribution in [0.25, 0.3) is 0 Å². The first-order chi connectivity index (χ1) is 12.2. The van der Waals surface area contributed by atoms with Gasteiger partial charge in [0, 0.05) is 6.42 Å². The lowest BCUT2D eigenvalue weighted by Crippen LogP contribution is -2.35. The number of methoxy groups -OCH3 is 1. The Morgan fingerprint density at radius 3 is 2.80 bits per heavy atom. The van der Waals surface area contributed by atoms with E-state index in [2.05, 4.69) is 10.1 Å². The van der Waals surface area contributed by atoms with Crippen LogP contribution in [0.4, 0.5) is 0 Å². The van der Waals surface area contributed by atoms with E-state index in [4.69, 9.17) is 19.7 Å². The van der Waals surface area contributed by atoms with Gasteiger partial charge in [-0.05, 0) is 42.5 Å². The molecule has 2 N–H and O–H groups in total. The zero-order valence-electron chi connectivity index (χ0n) is 14.9. The average Bonchev–Trinajstić information content (AvgIpc) is 3.09. The molecule has 1 aromatic carbocycles. The molecule has 2 aromatic rings. The molecule has 1 fully saturated rings. The Kier molecular flexibility index (Phi) is 6.04. The van der Waals surface area contributed by atoms with E-state index in [0.29, 0.717) is 31.5 Å². The van der Waals surface area contributed by atoms with Gasteiger partial charge in [-0.15, -0.1) is 0 Å². The molecule has 1 aliphatic rings. The molecule has 25 heavy (non-hydrogen) atoms. The molecule has 3 rings (SSSR count). The molecule has 0 saturated heterocycles. The first-order valence-corrected chi connectivity index (χ1v) is 8.95. The van der Waals surface area contributed by atoms with Crippen molar-refractivity contribution < 1.29 is 14.0 Å². The van der Waals surface area contributed by atoms with Crippen LogP contribution in [0.15, 0.2) is 28.8 Å². The van der Waals surface area contributed by atoms with E-state index in [-0.39, 0.29) is 5.41 Å². The smallest absolute Gasteiger partial charge is 0.227 e. The lowest BCUT2D eigenvalue weighted by molar-refractivity contribution is 0.0998. The number of nitrogens with zero attached hydrogens (tertiary/aromatic N) is 2. The van der Waals surface area contributed by atoms with E-state index in [0.717, 1.165) is 30.6 Å². The summed E-state index contributed by atoms with van der Waals surface area (Å²) in [6, 6.07) is 7.81. The number of hydrogen-bond donors (Lipinski definition) is 1. The Labute approximate surface area is 148 Å². The van der Waals surface area contributed by atoms with Gasteiger partial charge in [0.25, 0.3) is 0 Å². The SMILES string of the molecule is COc1cccc(COCc2noc(CC3(CN)CCCCC3)n2)c1. The minimum absolute atomic E-state index is 0.128. The highest BCUT2D eigenvalue weighted by molar-refractivity contribution is 5.27. The van der Waals surface area contributed by atoms with Crippen LogP contribution in [0, 0.1) is 5.41 Å². The summed E-state index contributed by atoms with van der Waals surface area (Å²) in [5, 5.41) is 4.04. The maximum absolute atomic E-state index is 6.04. The molecule has 0 radical (unpaired) electrons. The van der Waals surface area contributed by atoms with E-state index < -0.39 is 0 Å². The van der Waals surface area contributed by atoms with Crippen molar-refractivity contribution in [2.24, 2.45) is 11.1 Å². The monoisotopic (exact) mass is 345 g/mol. The molecule has 1 aromatic heterocycles. The lowest BCUT2D eigenvalue weighted by Gasteiger charge is -2.34. The van der Waals surface area contributed by atoms with Gasteiger partial charge < -0.3 is 19.7 Å². The minimum atomic E-state index is 0.128. The molecule has 0 bridgehead atoms. The third-order valence-electron chi connectivity index (χ3n) is 5.02. The highest BCUT2D eigenvalue weighted by Gasteiger charge is 2.32. The van der Waals surface area contributed by atoms with Crippen molar-refractivity contribution in [2.45, 2.75) is 51.7 Å². The number of nitrogens with two attached hydrogens (primary N) is 1. The minimum Gasteiger partial charge on any atom is -0.497 e. The van der Waals surface area contributed by atoms with Gasteiger partial charge in [-0.1, -0.05) is 36.6 Å². The fraction of sp³-hybridized carbons (Fsp3) is 0.579. The largest absolute Gasteiger partial charge is 0.497 e. The standard InChI is InChI=1S/C19H27N3O3/c1-23-16-7-5-6-15(10-16)12-24-13-17-21-18(25-22-17)11-19(14-20)8-3-2-4-9-19/h5-7,10H,2-4,8-9,11-14,20H2,1H3. The van der Waals surface area contributed by atoms with Crippen molar-refractivity contribution in [1.82, 2.24) is 10.1 Å². The summed E-state index contributed by atoms with van der Waals surface area (Å²) < 4.78 is 16.3. The molecule has 1 saturated carbocycles. The summed E-state index contributed by atoms with van der Waals surface area (Å²) in [5.74, 6) is 2.08. The Morgan fingerprint density at radius 2 is 2.04 bits per heavy atom. The summed E-state index contributed by atoms with van der Waals surface area (Å²) in [7, 11) is 1.65. The molecule has 6 heteroatoms. The number of benzene rings is 1. The summed E-state index contributed by atoms with van der Waals surface area (Å²) in [6.07, 6.45) is 6.84.